The first kappa shape index (κ1) is 16.9. The lowest BCUT2D eigenvalue weighted by atomic mass is 10.1. The Morgan fingerprint density at radius 1 is 1.00 bits per heavy atom. The summed E-state index contributed by atoms with van der Waals surface area (Å²) >= 11 is 6.12. The molecule has 25 heavy (non-hydrogen) atoms. The van der Waals surface area contributed by atoms with Crippen LogP contribution in [0.1, 0.15) is 21.5 Å². The maximum Gasteiger partial charge on any atom is 0.256 e. The molecule has 2 aromatic carbocycles. The van der Waals surface area contributed by atoms with Crippen molar-refractivity contribution in [2.24, 2.45) is 0 Å². The summed E-state index contributed by atoms with van der Waals surface area (Å²) in [7, 11) is 0. The van der Waals surface area contributed by atoms with Gasteiger partial charge in [0.2, 0.25) is 0 Å². The second kappa shape index (κ2) is 7.77. The lowest BCUT2D eigenvalue weighted by molar-refractivity contribution is 0.102. The van der Waals surface area contributed by atoms with E-state index in [0.717, 1.165) is 11.1 Å². The molecule has 0 radical (unpaired) electrons. The van der Waals surface area contributed by atoms with E-state index in [1.54, 1.807) is 18.2 Å². The van der Waals surface area contributed by atoms with Crippen LogP contribution >= 0.6 is 11.6 Å². The Kier molecular flexibility index (Phi) is 5.26. The van der Waals surface area contributed by atoms with Crippen molar-refractivity contribution in [1.29, 1.82) is 0 Å². The Morgan fingerprint density at radius 2 is 1.76 bits per heavy atom. The maximum absolute atomic E-state index is 12.2. The lowest BCUT2D eigenvalue weighted by Crippen LogP contribution is -2.13. The number of nitrogens with one attached hydrogen (secondary N) is 2. The van der Waals surface area contributed by atoms with Crippen LogP contribution in [-0.4, -0.2) is 16.1 Å². The number of carbonyl (C=O) groups excluding carboxylic acids is 1. The number of hydrogen-bond acceptors (Lipinski definition) is 4. The van der Waals surface area contributed by atoms with Crippen LogP contribution in [0.5, 0.6) is 0 Å². The Hall–Kier alpha value is -2.92. The molecule has 0 saturated heterocycles. The molecule has 2 N–H and O–H groups in total. The van der Waals surface area contributed by atoms with Crippen LogP contribution in [0.4, 0.5) is 11.6 Å². The van der Waals surface area contributed by atoms with Crippen LogP contribution in [0.3, 0.4) is 0 Å². The van der Waals surface area contributed by atoms with Gasteiger partial charge in [0.05, 0.1) is 0 Å². The molecule has 1 heterocycles. The van der Waals surface area contributed by atoms with E-state index in [9.17, 15) is 4.79 Å². The molecule has 1 aromatic heterocycles. The van der Waals surface area contributed by atoms with Crippen LogP contribution < -0.4 is 10.6 Å². The molecule has 1 amide bonds. The number of hydrogen-bond donors (Lipinski definition) is 2. The minimum Gasteiger partial charge on any atom is -0.364 e. The first-order valence-corrected chi connectivity index (χ1v) is 8.18. The molecule has 126 valence electrons. The van der Waals surface area contributed by atoms with Gasteiger partial charge >= 0.3 is 0 Å². The summed E-state index contributed by atoms with van der Waals surface area (Å²) in [6, 6.07) is 18.4. The minimum absolute atomic E-state index is 0.213. The monoisotopic (exact) mass is 352 g/mol. The van der Waals surface area contributed by atoms with E-state index in [2.05, 4.69) is 20.8 Å². The molecule has 0 bridgehead atoms. The third-order valence-corrected chi connectivity index (χ3v) is 3.97. The molecule has 3 aromatic rings. The van der Waals surface area contributed by atoms with Crippen molar-refractivity contribution in [3.05, 3.63) is 82.4 Å². The summed E-state index contributed by atoms with van der Waals surface area (Å²) < 4.78 is 0. The number of aryl methyl sites for hydroxylation is 1. The molecule has 0 aliphatic carbocycles. The van der Waals surface area contributed by atoms with Crippen molar-refractivity contribution >= 4 is 29.1 Å². The molecule has 0 atom stereocenters. The smallest absolute Gasteiger partial charge is 0.256 e. The topological polar surface area (TPSA) is 66.9 Å². The van der Waals surface area contributed by atoms with E-state index in [0.29, 0.717) is 28.8 Å². The number of amides is 1. The third-order valence-electron chi connectivity index (χ3n) is 3.60. The summed E-state index contributed by atoms with van der Waals surface area (Å²) in [5.41, 5.74) is 2.59. The van der Waals surface area contributed by atoms with Gasteiger partial charge in [0.15, 0.2) is 5.82 Å². The molecule has 0 aliphatic rings. The fourth-order valence-corrected chi connectivity index (χ4v) is 2.50. The van der Waals surface area contributed by atoms with Gasteiger partial charge in [0.1, 0.15) is 5.82 Å². The van der Waals surface area contributed by atoms with Gasteiger partial charge < -0.3 is 10.6 Å². The predicted molar refractivity (Wildman–Crippen MR) is 99.9 cm³/mol. The van der Waals surface area contributed by atoms with Crippen molar-refractivity contribution < 1.29 is 4.79 Å². The molecule has 6 heteroatoms. The van der Waals surface area contributed by atoms with Crippen LogP contribution in [-0.2, 0) is 6.54 Å². The second-order valence-electron chi connectivity index (χ2n) is 5.57. The number of rotatable bonds is 5. The van der Waals surface area contributed by atoms with E-state index in [-0.39, 0.29) is 5.91 Å². The zero-order chi connectivity index (χ0) is 17.6. The van der Waals surface area contributed by atoms with E-state index in [4.69, 9.17) is 11.6 Å². The first-order valence-electron chi connectivity index (χ1n) is 7.81. The average Bonchev–Trinajstić information content (AvgIpc) is 2.62. The summed E-state index contributed by atoms with van der Waals surface area (Å²) in [6.07, 6.45) is 0. The van der Waals surface area contributed by atoms with E-state index >= 15 is 0 Å². The number of nitrogens with zero attached hydrogens (tertiary/aromatic N) is 2. The highest BCUT2D eigenvalue weighted by molar-refractivity contribution is 6.31. The normalized spacial score (nSPS) is 10.3. The fraction of sp³-hybridized carbons (Fsp3) is 0.105. The van der Waals surface area contributed by atoms with E-state index in [1.165, 1.54) is 0 Å². The number of carbonyl (C=O) groups is 1. The van der Waals surface area contributed by atoms with E-state index in [1.807, 2.05) is 49.4 Å². The zero-order valence-corrected chi connectivity index (χ0v) is 14.4. The Morgan fingerprint density at radius 3 is 2.48 bits per heavy atom. The highest BCUT2D eigenvalue weighted by Gasteiger charge is 2.07. The lowest BCUT2D eigenvalue weighted by Gasteiger charge is -2.08. The quantitative estimate of drug-likeness (QED) is 0.718. The molecule has 0 saturated carbocycles. The van der Waals surface area contributed by atoms with Crippen molar-refractivity contribution in [3.8, 4) is 0 Å². The summed E-state index contributed by atoms with van der Waals surface area (Å²) in [4.78, 5) is 12.2. The summed E-state index contributed by atoms with van der Waals surface area (Å²) in [5, 5.41) is 14.7. The molecule has 0 aliphatic heterocycles. The molecular formula is C19H17ClN4O. The molecule has 5 nitrogen and oxygen atoms in total. The van der Waals surface area contributed by atoms with Crippen molar-refractivity contribution in [2.45, 2.75) is 13.5 Å². The van der Waals surface area contributed by atoms with Gasteiger partial charge in [0, 0.05) is 17.1 Å². The van der Waals surface area contributed by atoms with Gasteiger partial charge in [-0.3, -0.25) is 4.79 Å². The predicted octanol–water partition coefficient (Wildman–Crippen LogP) is 4.30. The SMILES string of the molecule is Cc1cccc(C(=O)Nc2ccc(NCc3ccccc3Cl)nn2)c1. The van der Waals surface area contributed by atoms with Gasteiger partial charge in [-0.25, -0.2) is 0 Å². The molecule has 3 rings (SSSR count). The number of halogens is 1. The summed E-state index contributed by atoms with van der Waals surface area (Å²) in [6.45, 7) is 2.49. The molecule has 0 fully saturated rings. The standard InChI is InChI=1S/C19H17ClN4O/c1-13-5-4-7-14(11-13)19(25)22-18-10-9-17(23-24-18)21-12-15-6-2-3-8-16(15)20/h2-11H,12H2,1H3,(H,21,23)(H,22,24,25). The zero-order valence-electron chi connectivity index (χ0n) is 13.7. The highest BCUT2D eigenvalue weighted by atomic mass is 35.5. The number of aromatic nitrogens is 2. The van der Waals surface area contributed by atoms with E-state index < -0.39 is 0 Å². The molecule has 0 unspecified atom stereocenters. The largest absolute Gasteiger partial charge is 0.364 e. The van der Waals surface area contributed by atoms with Crippen LogP contribution in [0.25, 0.3) is 0 Å². The summed E-state index contributed by atoms with van der Waals surface area (Å²) in [5.74, 6) is 0.790. The highest BCUT2D eigenvalue weighted by Crippen LogP contribution is 2.16. The van der Waals surface area contributed by atoms with Crippen molar-refractivity contribution in [1.82, 2.24) is 10.2 Å². The number of anilines is 2. The fourth-order valence-electron chi connectivity index (χ4n) is 2.30. The third kappa shape index (κ3) is 4.55. The maximum atomic E-state index is 12.2. The molecular weight excluding hydrogens is 336 g/mol. The van der Waals surface area contributed by atoms with Crippen LogP contribution in [0.15, 0.2) is 60.7 Å². The van der Waals surface area contributed by atoms with Gasteiger partial charge in [-0.15, -0.1) is 10.2 Å². The van der Waals surface area contributed by atoms with Crippen molar-refractivity contribution in [3.63, 3.8) is 0 Å². The van der Waals surface area contributed by atoms with Crippen molar-refractivity contribution in [2.75, 3.05) is 10.6 Å². The molecule has 0 spiro atoms. The minimum atomic E-state index is -0.213. The van der Waals surface area contributed by atoms with Gasteiger partial charge in [0.25, 0.3) is 5.91 Å². The van der Waals surface area contributed by atoms with Crippen LogP contribution in [0.2, 0.25) is 5.02 Å². The Bertz CT molecular complexity index is 881. The van der Waals surface area contributed by atoms with Gasteiger partial charge in [-0.05, 0) is 42.8 Å². The van der Waals surface area contributed by atoms with Crippen LogP contribution in [0, 0.1) is 6.92 Å². The second-order valence-corrected chi connectivity index (χ2v) is 5.98. The first-order chi connectivity index (χ1) is 12.1. The van der Waals surface area contributed by atoms with Gasteiger partial charge in [-0.1, -0.05) is 47.5 Å². The Balaban J connectivity index is 1.60. The average molecular weight is 353 g/mol. The number of benzene rings is 2. The Labute approximate surface area is 151 Å². The van der Waals surface area contributed by atoms with Gasteiger partial charge in [-0.2, -0.15) is 0 Å².